The lowest BCUT2D eigenvalue weighted by Crippen LogP contribution is -2.32. The van der Waals surface area contributed by atoms with Gasteiger partial charge in [-0.2, -0.15) is 0 Å². The number of rotatable bonds is 5. The molecule has 0 bridgehead atoms. The largest absolute Gasteiger partial charge is 0.303 e. The Kier molecular flexibility index (Phi) is 4.80. The van der Waals surface area contributed by atoms with E-state index in [4.69, 9.17) is 0 Å². The number of hydrogen-bond acceptors (Lipinski definition) is 1. The first-order valence-corrected chi connectivity index (χ1v) is 8.56. The van der Waals surface area contributed by atoms with Crippen LogP contribution in [-0.4, -0.2) is 6.29 Å². The van der Waals surface area contributed by atoms with E-state index in [-0.39, 0.29) is 11.3 Å². The zero-order valence-corrected chi connectivity index (χ0v) is 14.3. The minimum atomic E-state index is 0.155. The van der Waals surface area contributed by atoms with Crippen molar-refractivity contribution in [1.29, 1.82) is 0 Å². The van der Waals surface area contributed by atoms with Crippen molar-refractivity contribution in [2.24, 2.45) is 35.0 Å². The van der Waals surface area contributed by atoms with Gasteiger partial charge in [0.2, 0.25) is 0 Å². The quantitative estimate of drug-likeness (QED) is 0.487. The molecule has 0 heterocycles. The van der Waals surface area contributed by atoms with E-state index < -0.39 is 0 Å². The molecule has 0 amide bonds. The molecule has 0 N–H and O–H groups in total. The van der Waals surface area contributed by atoms with Crippen LogP contribution in [0.25, 0.3) is 0 Å². The summed E-state index contributed by atoms with van der Waals surface area (Å²) in [6, 6.07) is 0. The van der Waals surface area contributed by atoms with Gasteiger partial charge in [-0.1, -0.05) is 38.2 Å². The molecule has 2 fully saturated rings. The predicted molar refractivity (Wildman–Crippen MR) is 90.0 cm³/mol. The summed E-state index contributed by atoms with van der Waals surface area (Å²) in [5.74, 6) is 2.69. The Morgan fingerprint density at radius 1 is 1.14 bits per heavy atom. The zero-order chi connectivity index (χ0) is 15.8. The lowest BCUT2D eigenvalue weighted by atomic mass is 9.67. The second-order valence-corrected chi connectivity index (χ2v) is 8.18. The molecule has 1 heteroatoms. The third-order valence-corrected chi connectivity index (χ3v) is 6.56. The molecule has 2 rings (SSSR count). The molecular formula is C20H32O. The second kappa shape index (κ2) is 6.10. The number of carbonyl (C=O) groups is 1. The van der Waals surface area contributed by atoms with E-state index in [9.17, 15) is 4.79 Å². The molecule has 2 aliphatic rings. The summed E-state index contributed by atoms with van der Waals surface area (Å²) in [7, 11) is 0. The lowest BCUT2D eigenvalue weighted by molar-refractivity contribution is -0.115. The van der Waals surface area contributed by atoms with Crippen molar-refractivity contribution in [3.8, 4) is 0 Å². The molecule has 0 spiro atoms. The summed E-state index contributed by atoms with van der Waals surface area (Å²) < 4.78 is 0. The summed E-state index contributed by atoms with van der Waals surface area (Å²) in [6.45, 7) is 17.3. The monoisotopic (exact) mass is 288 g/mol. The standard InChI is InChI=1S/C20H32O/c1-13(2)16-8-7-15(5)18(16)11-20(6)10-9-17(14(3)4)19(20)12-21/h12,15-19H,1,3,7-11H2,2,4-6H3. The lowest BCUT2D eigenvalue weighted by Gasteiger charge is -2.36. The van der Waals surface area contributed by atoms with E-state index in [0.717, 1.165) is 12.3 Å². The van der Waals surface area contributed by atoms with Gasteiger partial charge in [-0.3, -0.25) is 0 Å². The Balaban J connectivity index is 2.18. The van der Waals surface area contributed by atoms with Gasteiger partial charge < -0.3 is 4.79 Å². The fourth-order valence-electron chi connectivity index (χ4n) is 5.13. The van der Waals surface area contributed by atoms with Crippen molar-refractivity contribution in [2.75, 3.05) is 0 Å². The number of carbonyl (C=O) groups excluding carboxylic acids is 1. The van der Waals surface area contributed by atoms with Crippen LogP contribution in [0.4, 0.5) is 0 Å². The third-order valence-electron chi connectivity index (χ3n) is 6.56. The molecule has 0 aromatic rings. The third kappa shape index (κ3) is 3.03. The van der Waals surface area contributed by atoms with Gasteiger partial charge in [0.25, 0.3) is 0 Å². The summed E-state index contributed by atoms with van der Waals surface area (Å²) in [5.41, 5.74) is 2.68. The molecule has 6 unspecified atom stereocenters. The molecule has 1 nitrogen and oxygen atoms in total. The molecule has 0 aromatic heterocycles. The SMILES string of the molecule is C=C(C)C1CCC(C)C1CC1(C)CCC(C(=C)C)C1C=O. The van der Waals surface area contributed by atoms with E-state index in [0.29, 0.717) is 17.8 Å². The second-order valence-electron chi connectivity index (χ2n) is 8.18. The van der Waals surface area contributed by atoms with Gasteiger partial charge in [-0.05, 0) is 75.0 Å². The maximum Gasteiger partial charge on any atom is 0.124 e. The minimum Gasteiger partial charge on any atom is -0.303 e. The molecule has 0 saturated heterocycles. The minimum absolute atomic E-state index is 0.155. The van der Waals surface area contributed by atoms with Crippen molar-refractivity contribution in [1.82, 2.24) is 0 Å². The molecule has 118 valence electrons. The predicted octanol–water partition coefficient (Wildman–Crippen LogP) is 5.42. The molecule has 6 atom stereocenters. The number of allylic oxidation sites excluding steroid dienone is 2. The van der Waals surface area contributed by atoms with Crippen molar-refractivity contribution in [2.45, 2.75) is 59.8 Å². The van der Waals surface area contributed by atoms with Crippen molar-refractivity contribution in [3.05, 3.63) is 24.3 Å². The summed E-state index contributed by atoms with van der Waals surface area (Å²) in [5, 5.41) is 0. The van der Waals surface area contributed by atoms with Crippen LogP contribution in [0.5, 0.6) is 0 Å². The van der Waals surface area contributed by atoms with Crippen LogP contribution in [0, 0.1) is 35.0 Å². The Labute approximate surface area is 130 Å². The van der Waals surface area contributed by atoms with Gasteiger partial charge in [0.15, 0.2) is 0 Å². The molecule has 21 heavy (non-hydrogen) atoms. The van der Waals surface area contributed by atoms with Crippen molar-refractivity contribution >= 4 is 6.29 Å². The van der Waals surface area contributed by atoms with Crippen LogP contribution in [-0.2, 0) is 4.79 Å². The normalized spacial score (nSPS) is 43.0. The number of aldehydes is 1. The molecule has 2 saturated carbocycles. The van der Waals surface area contributed by atoms with Gasteiger partial charge in [0, 0.05) is 5.92 Å². The highest BCUT2D eigenvalue weighted by Crippen LogP contribution is 2.55. The van der Waals surface area contributed by atoms with E-state index in [1.54, 1.807) is 0 Å². The Bertz CT molecular complexity index is 435. The van der Waals surface area contributed by atoms with Gasteiger partial charge in [-0.25, -0.2) is 0 Å². The van der Waals surface area contributed by atoms with E-state index in [2.05, 4.69) is 40.9 Å². The van der Waals surface area contributed by atoms with Crippen molar-refractivity contribution in [3.63, 3.8) is 0 Å². The van der Waals surface area contributed by atoms with E-state index >= 15 is 0 Å². The highest BCUT2D eigenvalue weighted by molar-refractivity contribution is 5.57. The van der Waals surface area contributed by atoms with Gasteiger partial charge in [0.1, 0.15) is 6.29 Å². The molecule has 0 aromatic carbocycles. The van der Waals surface area contributed by atoms with Crippen LogP contribution in [0.15, 0.2) is 24.3 Å². The summed E-state index contributed by atoms with van der Waals surface area (Å²) in [6.07, 6.45) is 7.30. The number of hydrogen-bond donors (Lipinski definition) is 0. The van der Waals surface area contributed by atoms with Gasteiger partial charge in [-0.15, -0.1) is 0 Å². The van der Waals surface area contributed by atoms with Crippen LogP contribution in [0.3, 0.4) is 0 Å². The Hall–Kier alpha value is -0.850. The molecule has 0 aliphatic heterocycles. The first-order chi connectivity index (χ1) is 9.80. The Morgan fingerprint density at radius 3 is 2.29 bits per heavy atom. The van der Waals surface area contributed by atoms with E-state index in [1.807, 2.05) is 0 Å². The van der Waals surface area contributed by atoms with Crippen LogP contribution < -0.4 is 0 Å². The topological polar surface area (TPSA) is 17.1 Å². The fourth-order valence-corrected chi connectivity index (χ4v) is 5.13. The average molecular weight is 288 g/mol. The molecular weight excluding hydrogens is 256 g/mol. The van der Waals surface area contributed by atoms with Crippen LogP contribution >= 0.6 is 0 Å². The van der Waals surface area contributed by atoms with E-state index in [1.165, 1.54) is 43.1 Å². The van der Waals surface area contributed by atoms with Crippen LogP contribution in [0.1, 0.15) is 59.8 Å². The first kappa shape index (κ1) is 16.5. The Morgan fingerprint density at radius 2 is 1.76 bits per heavy atom. The summed E-state index contributed by atoms with van der Waals surface area (Å²) in [4.78, 5) is 11.7. The maximum absolute atomic E-state index is 11.7. The fraction of sp³-hybridized carbons (Fsp3) is 0.750. The highest BCUT2D eigenvalue weighted by Gasteiger charge is 2.48. The smallest absolute Gasteiger partial charge is 0.124 e. The van der Waals surface area contributed by atoms with Crippen molar-refractivity contribution < 1.29 is 4.79 Å². The average Bonchev–Trinajstić information content (AvgIpc) is 2.91. The summed E-state index contributed by atoms with van der Waals surface area (Å²) >= 11 is 0. The van der Waals surface area contributed by atoms with Crippen LogP contribution in [0.2, 0.25) is 0 Å². The maximum atomic E-state index is 11.7. The molecule has 2 aliphatic carbocycles. The van der Waals surface area contributed by atoms with Gasteiger partial charge in [0.05, 0.1) is 0 Å². The molecule has 0 radical (unpaired) electrons. The highest BCUT2D eigenvalue weighted by atomic mass is 16.1. The first-order valence-electron chi connectivity index (χ1n) is 8.56. The zero-order valence-electron chi connectivity index (χ0n) is 14.3. The van der Waals surface area contributed by atoms with Gasteiger partial charge >= 0.3 is 0 Å².